The maximum absolute atomic E-state index is 13.0. The van der Waals surface area contributed by atoms with Crippen molar-refractivity contribution in [1.29, 1.82) is 0 Å². The van der Waals surface area contributed by atoms with Crippen molar-refractivity contribution in [1.82, 2.24) is 0 Å². The zero-order chi connectivity index (χ0) is 13.3. The lowest BCUT2D eigenvalue weighted by Crippen LogP contribution is -2.00. The van der Waals surface area contributed by atoms with E-state index >= 15 is 0 Å². The average Bonchev–Trinajstić information content (AvgIpc) is 2.29. The molecule has 0 unspecified atom stereocenters. The van der Waals surface area contributed by atoms with Crippen molar-refractivity contribution in [2.24, 2.45) is 0 Å². The Morgan fingerprint density at radius 2 is 1.78 bits per heavy atom. The van der Waals surface area contributed by atoms with Crippen LogP contribution in [0.5, 0.6) is 5.75 Å². The van der Waals surface area contributed by atoms with Gasteiger partial charge in [-0.05, 0) is 53.9 Å². The largest absolute Gasteiger partial charge is 0.508 e. The van der Waals surface area contributed by atoms with Crippen LogP contribution in [0.3, 0.4) is 0 Å². The number of halogens is 1. The molecule has 0 atom stereocenters. The predicted octanol–water partition coefficient (Wildman–Crippen LogP) is 3.20. The minimum absolute atomic E-state index is 0.00953. The molecule has 2 aromatic carbocycles. The van der Waals surface area contributed by atoms with E-state index in [1.807, 2.05) is 0 Å². The van der Waals surface area contributed by atoms with Gasteiger partial charge in [0.2, 0.25) is 0 Å². The van der Waals surface area contributed by atoms with Gasteiger partial charge in [-0.3, -0.25) is 0 Å². The van der Waals surface area contributed by atoms with E-state index < -0.39 is 5.97 Å². The number of benzene rings is 2. The summed E-state index contributed by atoms with van der Waals surface area (Å²) in [6.07, 6.45) is 0. The molecule has 2 rings (SSSR count). The van der Waals surface area contributed by atoms with E-state index in [1.54, 1.807) is 6.92 Å². The Morgan fingerprint density at radius 1 is 1.11 bits per heavy atom. The molecule has 2 N–H and O–H groups in total. The van der Waals surface area contributed by atoms with Crippen LogP contribution in [-0.4, -0.2) is 16.2 Å². The number of rotatable bonds is 2. The predicted molar refractivity (Wildman–Crippen MR) is 65.2 cm³/mol. The third-order valence-electron chi connectivity index (χ3n) is 2.71. The van der Waals surface area contributed by atoms with Gasteiger partial charge in [0.05, 0.1) is 5.56 Å². The maximum atomic E-state index is 13.0. The monoisotopic (exact) mass is 246 g/mol. The highest BCUT2D eigenvalue weighted by Gasteiger charge is 2.14. The zero-order valence-electron chi connectivity index (χ0n) is 9.64. The van der Waals surface area contributed by atoms with Crippen molar-refractivity contribution < 1.29 is 19.4 Å². The number of carboxylic acid groups (broad SMARTS) is 1. The molecule has 3 nitrogen and oxygen atoms in total. The van der Waals surface area contributed by atoms with Gasteiger partial charge in [0, 0.05) is 0 Å². The molecule has 0 bridgehead atoms. The van der Waals surface area contributed by atoms with Crippen molar-refractivity contribution in [3.63, 3.8) is 0 Å². The fourth-order valence-electron chi connectivity index (χ4n) is 1.87. The summed E-state index contributed by atoms with van der Waals surface area (Å²) < 4.78 is 13.0. The number of phenolic OH excluding ortho intramolecular Hbond substituents is 1. The Bertz CT molecular complexity index is 620. The number of aromatic carboxylic acids is 1. The highest BCUT2D eigenvalue weighted by Crippen LogP contribution is 2.29. The van der Waals surface area contributed by atoms with Crippen LogP contribution in [0.15, 0.2) is 36.4 Å². The fraction of sp³-hybridized carbons (Fsp3) is 0.0714. The first-order valence-electron chi connectivity index (χ1n) is 5.32. The van der Waals surface area contributed by atoms with Crippen LogP contribution in [0.4, 0.5) is 4.39 Å². The molecule has 0 amide bonds. The van der Waals surface area contributed by atoms with Gasteiger partial charge >= 0.3 is 5.97 Å². The van der Waals surface area contributed by atoms with Crippen molar-refractivity contribution >= 4 is 5.97 Å². The molecule has 0 radical (unpaired) electrons. The molecule has 0 aliphatic heterocycles. The second-order valence-electron chi connectivity index (χ2n) is 3.99. The Kier molecular flexibility index (Phi) is 3.02. The Morgan fingerprint density at radius 3 is 2.39 bits per heavy atom. The van der Waals surface area contributed by atoms with Crippen LogP contribution in [0.1, 0.15) is 15.9 Å². The van der Waals surface area contributed by atoms with Gasteiger partial charge in [-0.15, -0.1) is 0 Å². The second kappa shape index (κ2) is 4.49. The SMILES string of the molecule is Cc1cc(F)ccc1-c1ccc(O)cc1C(=O)O. The first kappa shape index (κ1) is 12.1. The van der Waals surface area contributed by atoms with Crippen molar-refractivity contribution in [3.8, 4) is 16.9 Å². The number of phenols is 1. The first-order valence-corrected chi connectivity index (χ1v) is 5.32. The molecule has 0 spiro atoms. The van der Waals surface area contributed by atoms with E-state index in [4.69, 9.17) is 5.11 Å². The van der Waals surface area contributed by atoms with Crippen LogP contribution < -0.4 is 0 Å². The third kappa shape index (κ3) is 2.18. The molecule has 18 heavy (non-hydrogen) atoms. The van der Waals surface area contributed by atoms with Crippen LogP contribution in [0, 0.1) is 12.7 Å². The van der Waals surface area contributed by atoms with Gasteiger partial charge < -0.3 is 10.2 Å². The summed E-state index contributed by atoms with van der Waals surface area (Å²) in [5.41, 5.74) is 1.72. The lowest BCUT2D eigenvalue weighted by Gasteiger charge is -2.10. The van der Waals surface area contributed by atoms with Crippen LogP contribution in [-0.2, 0) is 0 Å². The van der Waals surface area contributed by atoms with E-state index in [0.29, 0.717) is 16.7 Å². The summed E-state index contributed by atoms with van der Waals surface area (Å²) in [6, 6.07) is 8.25. The molecule has 0 heterocycles. The quantitative estimate of drug-likeness (QED) is 0.855. The maximum Gasteiger partial charge on any atom is 0.336 e. The molecule has 4 heteroatoms. The molecule has 0 aliphatic carbocycles. The third-order valence-corrected chi connectivity index (χ3v) is 2.71. The van der Waals surface area contributed by atoms with E-state index in [9.17, 15) is 14.3 Å². The second-order valence-corrected chi connectivity index (χ2v) is 3.99. The molecule has 92 valence electrons. The van der Waals surface area contributed by atoms with E-state index in [-0.39, 0.29) is 17.1 Å². The molecule has 0 aromatic heterocycles. The standard InChI is InChI=1S/C14H11FO3/c1-8-6-9(15)2-4-11(8)12-5-3-10(16)7-13(12)14(17)18/h2-7,16H,1H3,(H,17,18). The number of carboxylic acids is 1. The van der Waals surface area contributed by atoms with Gasteiger partial charge in [0.1, 0.15) is 11.6 Å². The van der Waals surface area contributed by atoms with Crippen molar-refractivity contribution in [3.05, 3.63) is 53.3 Å². The summed E-state index contributed by atoms with van der Waals surface area (Å²) in [4.78, 5) is 11.1. The minimum atomic E-state index is -1.13. The highest BCUT2D eigenvalue weighted by molar-refractivity contribution is 5.97. The Balaban J connectivity index is 2.67. The highest BCUT2D eigenvalue weighted by atomic mass is 19.1. The van der Waals surface area contributed by atoms with Crippen LogP contribution >= 0.6 is 0 Å². The van der Waals surface area contributed by atoms with Crippen molar-refractivity contribution in [2.45, 2.75) is 6.92 Å². The molecule has 2 aromatic rings. The lowest BCUT2D eigenvalue weighted by atomic mass is 9.96. The number of hydrogen-bond acceptors (Lipinski definition) is 2. The lowest BCUT2D eigenvalue weighted by molar-refractivity contribution is 0.0697. The van der Waals surface area contributed by atoms with E-state index in [2.05, 4.69) is 0 Å². The summed E-state index contributed by atoms with van der Waals surface area (Å²) in [7, 11) is 0. The van der Waals surface area contributed by atoms with Gasteiger partial charge in [-0.25, -0.2) is 9.18 Å². The van der Waals surface area contributed by atoms with Gasteiger partial charge in [-0.1, -0.05) is 6.07 Å². The summed E-state index contributed by atoms with van der Waals surface area (Å²) >= 11 is 0. The normalized spacial score (nSPS) is 10.3. The van der Waals surface area contributed by atoms with Gasteiger partial charge in [0.15, 0.2) is 0 Å². The van der Waals surface area contributed by atoms with Crippen LogP contribution in [0.2, 0.25) is 0 Å². The number of aryl methyl sites for hydroxylation is 1. The molecule has 0 saturated carbocycles. The fourth-order valence-corrected chi connectivity index (χ4v) is 1.87. The number of hydrogen-bond donors (Lipinski definition) is 2. The van der Waals surface area contributed by atoms with E-state index in [0.717, 1.165) is 0 Å². The molecule has 0 fully saturated rings. The van der Waals surface area contributed by atoms with Gasteiger partial charge in [-0.2, -0.15) is 0 Å². The summed E-state index contributed by atoms with van der Waals surface area (Å²) in [6.45, 7) is 1.71. The van der Waals surface area contributed by atoms with Gasteiger partial charge in [0.25, 0.3) is 0 Å². The summed E-state index contributed by atoms with van der Waals surface area (Å²) in [5, 5.41) is 18.4. The molecular weight excluding hydrogens is 235 g/mol. The number of aromatic hydroxyl groups is 1. The minimum Gasteiger partial charge on any atom is -0.508 e. The zero-order valence-corrected chi connectivity index (χ0v) is 9.64. The smallest absolute Gasteiger partial charge is 0.336 e. The number of carbonyl (C=O) groups is 1. The topological polar surface area (TPSA) is 57.5 Å². The van der Waals surface area contributed by atoms with Crippen molar-refractivity contribution in [2.75, 3.05) is 0 Å². The van der Waals surface area contributed by atoms with Crippen LogP contribution in [0.25, 0.3) is 11.1 Å². The Labute approximate surface area is 103 Å². The molecule has 0 saturated heterocycles. The average molecular weight is 246 g/mol. The Hall–Kier alpha value is -2.36. The van der Waals surface area contributed by atoms with E-state index in [1.165, 1.54) is 36.4 Å². The molecule has 0 aliphatic rings. The summed E-state index contributed by atoms with van der Waals surface area (Å²) in [5.74, 6) is -1.62. The first-order chi connectivity index (χ1) is 8.49. The molecular formula is C14H11FO3.